The molecular weight excluding hydrogens is 1080 g/mol. The SMILES string of the molecule is COC(=O)c1ccc(-c2c3nc(c(-c4ccc(C(=O)OC)cc4)c4ccc([n-]4)c(-c4ccc(N(c5ccccc5)c5ccccc5)cc4)c4nc(c(-c5ccc(N(c6ccccc6)c6ccccc6)cc5)c5ccc2[n-]5)C=C4)C=C3)cc1.[Zn+2]. The molecule has 10 nitrogen and oxygen atoms in total. The first kappa shape index (κ1) is 53.2. The number of esters is 2. The molecule has 0 spiro atoms. The van der Waals surface area contributed by atoms with Crippen molar-refractivity contribution in [3.05, 3.63) is 277 Å². The van der Waals surface area contributed by atoms with Crippen LogP contribution in [-0.4, -0.2) is 36.1 Å². The smallest absolute Gasteiger partial charge is 0.657 e. The zero-order valence-electron chi connectivity index (χ0n) is 45.4. The van der Waals surface area contributed by atoms with Crippen molar-refractivity contribution < 1.29 is 38.5 Å². The van der Waals surface area contributed by atoms with Crippen molar-refractivity contribution in [2.45, 2.75) is 0 Å². The third-order valence-electron chi connectivity index (χ3n) is 14.7. The van der Waals surface area contributed by atoms with Gasteiger partial charge in [0.25, 0.3) is 0 Å². The normalized spacial score (nSPS) is 11.4. The number of ether oxygens (including phenoxy) is 2. The fourth-order valence-corrected chi connectivity index (χ4v) is 10.8. The van der Waals surface area contributed by atoms with E-state index in [9.17, 15) is 9.59 Å². The van der Waals surface area contributed by atoms with Gasteiger partial charge in [0, 0.05) is 34.1 Å². The molecule has 0 fully saturated rings. The molecule has 0 amide bonds. The largest absolute Gasteiger partial charge is 2.00 e. The molecule has 3 aromatic heterocycles. The van der Waals surface area contributed by atoms with Gasteiger partial charge in [-0.1, -0.05) is 146 Å². The first-order valence-corrected chi connectivity index (χ1v) is 26.8. The molecule has 5 heterocycles. The van der Waals surface area contributed by atoms with Gasteiger partial charge in [0.15, 0.2) is 0 Å². The average molecular weight is 1130 g/mol. The summed E-state index contributed by atoms with van der Waals surface area (Å²) in [6, 6.07) is 81.3. The molecule has 8 aromatic carbocycles. The molecule has 0 unspecified atom stereocenters. The Morgan fingerprint density at radius 1 is 0.313 bits per heavy atom. The third kappa shape index (κ3) is 10.5. The standard InChI is InChI=1S/C72H51N6O4.Zn/c1-81-71(79)51-27-23-47(24-28-51)67-59-39-40-60(73-59)68(48-25-29-52(30-26-48)72(80)82-2)62-42-44-64(75-62)70(50-33-37-58(38-34-50)78(55-19-11-5-12-20-55)56-21-13-6-14-22-56)66-46-45-65(76-66)69(63-43-41-61(67)74-63)49-31-35-57(36-32-49)77(53-15-7-3-8-16-53)54-17-9-4-10-18-54;/h3-46H,1-2H3,(H-,73,74,75,76,79,80);/q-1;+2/p-1. The second-order valence-electron chi connectivity index (χ2n) is 19.6. The van der Waals surface area contributed by atoms with Crippen LogP contribution in [0.25, 0.3) is 90.9 Å². The minimum Gasteiger partial charge on any atom is -0.657 e. The molecule has 0 saturated heterocycles. The molecule has 2 aliphatic heterocycles. The number of anilines is 6. The first-order valence-electron chi connectivity index (χ1n) is 26.8. The van der Waals surface area contributed by atoms with Crippen molar-refractivity contribution in [2.24, 2.45) is 0 Å². The van der Waals surface area contributed by atoms with Crippen LogP contribution in [-0.2, 0) is 29.0 Å². The van der Waals surface area contributed by atoms with Gasteiger partial charge in [-0.3, -0.25) is 0 Å². The predicted octanol–water partition coefficient (Wildman–Crippen LogP) is 17.1. The second-order valence-corrected chi connectivity index (χ2v) is 19.6. The monoisotopic (exact) mass is 1130 g/mol. The van der Waals surface area contributed by atoms with E-state index in [1.54, 1.807) is 24.3 Å². The topological polar surface area (TPSA) is 113 Å². The average Bonchev–Trinajstić information content (AvgIpc) is 3.81. The van der Waals surface area contributed by atoms with Crippen molar-refractivity contribution in [3.8, 4) is 44.5 Å². The van der Waals surface area contributed by atoms with Gasteiger partial charge in [0.05, 0.1) is 48.1 Å². The zero-order chi connectivity index (χ0) is 55.5. The van der Waals surface area contributed by atoms with Crippen LogP contribution in [0, 0.1) is 0 Å². The Balaban J connectivity index is 0.00000680. The summed E-state index contributed by atoms with van der Waals surface area (Å²) in [5.74, 6) is -0.873. The van der Waals surface area contributed by atoms with Crippen molar-refractivity contribution in [3.63, 3.8) is 0 Å². The van der Waals surface area contributed by atoms with Crippen LogP contribution in [0.4, 0.5) is 34.1 Å². The minimum absolute atomic E-state index is 0. The van der Waals surface area contributed by atoms with Crippen LogP contribution in [0.5, 0.6) is 0 Å². The van der Waals surface area contributed by atoms with Gasteiger partial charge in [0.2, 0.25) is 0 Å². The van der Waals surface area contributed by atoms with Crippen LogP contribution >= 0.6 is 0 Å². The summed E-state index contributed by atoms with van der Waals surface area (Å²) >= 11 is 0. The molecule has 0 atom stereocenters. The number of benzene rings is 8. The molecule has 394 valence electrons. The third-order valence-corrected chi connectivity index (χ3v) is 14.7. The number of carbonyl (C=O) groups excluding carboxylic acids is 2. The maximum absolute atomic E-state index is 12.7. The van der Waals surface area contributed by atoms with Crippen LogP contribution in [0.15, 0.2) is 243 Å². The molecule has 8 bridgehead atoms. The molecule has 11 aromatic rings. The van der Waals surface area contributed by atoms with E-state index in [1.165, 1.54) is 14.2 Å². The van der Waals surface area contributed by atoms with Gasteiger partial charge in [-0.05, 0) is 166 Å². The zero-order valence-corrected chi connectivity index (χ0v) is 48.4. The van der Waals surface area contributed by atoms with Crippen molar-refractivity contribution in [1.82, 2.24) is 19.9 Å². The molecule has 83 heavy (non-hydrogen) atoms. The number of rotatable bonds is 12. The number of carbonyl (C=O) groups is 2. The maximum Gasteiger partial charge on any atom is 2.00 e. The fourth-order valence-electron chi connectivity index (χ4n) is 10.8. The Labute approximate surface area is 493 Å². The predicted molar refractivity (Wildman–Crippen MR) is 331 cm³/mol. The van der Waals surface area contributed by atoms with Crippen molar-refractivity contribution in [2.75, 3.05) is 24.0 Å². The quantitative estimate of drug-likeness (QED) is 0.0865. The number of para-hydroxylation sites is 4. The maximum atomic E-state index is 12.7. The summed E-state index contributed by atoms with van der Waals surface area (Å²) in [5, 5.41) is 0. The van der Waals surface area contributed by atoms with E-state index in [4.69, 9.17) is 29.4 Å². The Hall–Kier alpha value is -10.5. The van der Waals surface area contributed by atoms with Gasteiger partial charge in [-0.2, -0.15) is 0 Å². The van der Waals surface area contributed by atoms with E-state index in [-0.39, 0.29) is 19.5 Å². The number of fused-ring (bicyclic) bond motifs is 8. The van der Waals surface area contributed by atoms with Gasteiger partial charge in [-0.15, -0.1) is 22.1 Å². The van der Waals surface area contributed by atoms with E-state index in [2.05, 4.69) is 168 Å². The fraction of sp³-hybridized carbons (Fsp3) is 0.0278. The Bertz CT molecular complexity index is 4050. The van der Waals surface area contributed by atoms with Gasteiger partial charge in [-0.25, -0.2) is 19.6 Å². The Kier molecular flexibility index (Phi) is 14.9. The van der Waals surface area contributed by atoms with Crippen LogP contribution in [0.2, 0.25) is 0 Å². The second kappa shape index (κ2) is 23.3. The Morgan fingerprint density at radius 2 is 0.542 bits per heavy atom. The summed E-state index contributed by atoms with van der Waals surface area (Å²) in [6.07, 6.45) is 8.11. The molecule has 0 aliphatic carbocycles. The van der Waals surface area contributed by atoms with Gasteiger partial charge in [0.1, 0.15) is 0 Å². The Morgan fingerprint density at radius 3 is 0.783 bits per heavy atom. The van der Waals surface area contributed by atoms with E-state index >= 15 is 0 Å². The number of hydrogen-bond donors (Lipinski definition) is 0. The molecular formula is C72H50N6O4Zn. The summed E-state index contributed by atoms with van der Waals surface area (Å²) in [5.41, 5.74) is 19.0. The summed E-state index contributed by atoms with van der Waals surface area (Å²) in [6.45, 7) is 0. The number of methoxy groups -OCH3 is 2. The van der Waals surface area contributed by atoms with E-state index in [1.807, 2.05) is 84.9 Å². The van der Waals surface area contributed by atoms with Gasteiger partial charge < -0.3 is 29.2 Å². The molecule has 2 aliphatic rings. The summed E-state index contributed by atoms with van der Waals surface area (Å²) in [7, 11) is 2.74. The van der Waals surface area contributed by atoms with E-state index < -0.39 is 11.9 Å². The van der Waals surface area contributed by atoms with Crippen LogP contribution < -0.4 is 19.8 Å². The molecule has 0 saturated carbocycles. The molecule has 11 heteroatoms. The number of hydrogen-bond acceptors (Lipinski definition) is 8. The van der Waals surface area contributed by atoms with E-state index in [0.29, 0.717) is 44.6 Å². The van der Waals surface area contributed by atoms with Crippen molar-refractivity contribution >= 4 is 92.4 Å². The molecule has 0 N–H and O–H groups in total. The molecule has 13 rings (SSSR count). The number of aromatic nitrogens is 4. The van der Waals surface area contributed by atoms with Crippen molar-refractivity contribution in [1.29, 1.82) is 0 Å². The first-order chi connectivity index (χ1) is 40.4. The minimum atomic E-state index is -0.436. The van der Waals surface area contributed by atoms with Crippen LogP contribution in [0.1, 0.15) is 43.5 Å². The molecule has 0 radical (unpaired) electrons. The summed E-state index contributed by atoms with van der Waals surface area (Å²) < 4.78 is 10.2. The van der Waals surface area contributed by atoms with Crippen LogP contribution in [0.3, 0.4) is 0 Å². The van der Waals surface area contributed by atoms with Gasteiger partial charge >= 0.3 is 31.4 Å². The summed E-state index contributed by atoms with van der Waals surface area (Å²) in [4.78, 5) is 51.9. The van der Waals surface area contributed by atoms with E-state index in [0.717, 1.165) is 90.0 Å². The number of nitrogens with zero attached hydrogens (tertiary/aromatic N) is 6.